The van der Waals surface area contributed by atoms with Crippen LogP contribution in [0.1, 0.15) is 24.8 Å². The molecule has 1 unspecified atom stereocenters. The van der Waals surface area contributed by atoms with Gasteiger partial charge in [-0.15, -0.1) is 0 Å². The van der Waals surface area contributed by atoms with Gasteiger partial charge in [0.05, 0.1) is 22.7 Å². The van der Waals surface area contributed by atoms with Crippen LogP contribution in [0.3, 0.4) is 0 Å². The quantitative estimate of drug-likeness (QED) is 0.864. The van der Waals surface area contributed by atoms with Crippen LogP contribution in [0.15, 0.2) is 29.2 Å². The van der Waals surface area contributed by atoms with Crippen molar-refractivity contribution in [1.82, 2.24) is 4.31 Å². The molecule has 0 bridgehead atoms. The second-order valence-corrected chi connectivity index (χ2v) is 6.21. The van der Waals surface area contributed by atoms with Crippen molar-refractivity contribution in [2.45, 2.75) is 30.3 Å². The van der Waals surface area contributed by atoms with Gasteiger partial charge < -0.3 is 5.73 Å². The number of nitrogens with two attached hydrogens (primary N) is 1. The molecule has 0 aliphatic carbocycles. The van der Waals surface area contributed by atoms with E-state index in [1.165, 1.54) is 28.6 Å². The fourth-order valence-corrected chi connectivity index (χ4v) is 3.65. The molecule has 1 heterocycles. The Morgan fingerprint density at radius 2 is 1.94 bits per heavy atom. The summed E-state index contributed by atoms with van der Waals surface area (Å²) < 4.78 is 26.1. The third-order valence-corrected chi connectivity index (χ3v) is 5.03. The highest BCUT2D eigenvalue weighted by atomic mass is 32.2. The van der Waals surface area contributed by atoms with E-state index < -0.39 is 16.2 Å². The average molecular weight is 265 g/mol. The third kappa shape index (κ3) is 2.38. The van der Waals surface area contributed by atoms with Crippen LogP contribution < -0.4 is 5.73 Å². The molecule has 0 spiro atoms. The van der Waals surface area contributed by atoms with E-state index in [1.54, 1.807) is 0 Å². The van der Waals surface area contributed by atoms with E-state index in [0.29, 0.717) is 18.5 Å². The van der Waals surface area contributed by atoms with Gasteiger partial charge >= 0.3 is 0 Å². The molecular weight excluding hydrogens is 250 g/mol. The molecule has 0 saturated carbocycles. The Morgan fingerprint density at radius 3 is 2.50 bits per heavy atom. The highest BCUT2D eigenvalue weighted by Crippen LogP contribution is 2.23. The maximum Gasteiger partial charge on any atom is 0.244 e. The van der Waals surface area contributed by atoms with Gasteiger partial charge in [-0.05, 0) is 43.5 Å². The molecule has 5 nitrogen and oxygen atoms in total. The SMILES string of the molecule is N#Cc1ccc(S(=O)(=O)N2CCCCC2N)cc1. The van der Waals surface area contributed by atoms with Crippen molar-refractivity contribution in [3.8, 4) is 6.07 Å². The summed E-state index contributed by atoms with van der Waals surface area (Å²) in [4.78, 5) is 0.193. The summed E-state index contributed by atoms with van der Waals surface area (Å²) in [5.74, 6) is 0. The minimum atomic E-state index is -3.54. The predicted octanol–water partition coefficient (Wildman–Crippen LogP) is 1.02. The fourth-order valence-electron chi connectivity index (χ4n) is 2.07. The number of nitrogens with zero attached hydrogens (tertiary/aromatic N) is 2. The second-order valence-electron chi connectivity index (χ2n) is 4.32. The molecule has 2 N–H and O–H groups in total. The second kappa shape index (κ2) is 5.06. The van der Waals surface area contributed by atoms with Crippen LogP contribution in [0.5, 0.6) is 0 Å². The zero-order valence-electron chi connectivity index (χ0n) is 9.91. The lowest BCUT2D eigenvalue weighted by Gasteiger charge is -2.31. The molecule has 0 aromatic heterocycles. The zero-order chi connectivity index (χ0) is 13.2. The smallest absolute Gasteiger partial charge is 0.244 e. The molecule has 1 aromatic rings. The van der Waals surface area contributed by atoms with Crippen LogP contribution in [0.4, 0.5) is 0 Å². The molecule has 1 aliphatic rings. The number of rotatable bonds is 2. The van der Waals surface area contributed by atoms with Gasteiger partial charge in [0.1, 0.15) is 0 Å². The molecule has 18 heavy (non-hydrogen) atoms. The number of benzene rings is 1. The maximum atomic E-state index is 12.4. The van der Waals surface area contributed by atoms with Gasteiger partial charge in [-0.2, -0.15) is 9.57 Å². The molecule has 0 amide bonds. The first-order chi connectivity index (χ1) is 8.55. The van der Waals surface area contributed by atoms with E-state index in [9.17, 15) is 8.42 Å². The number of hydrogen-bond donors (Lipinski definition) is 1. The third-order valence-electron chi connectivity index (χ3n) is 3.09. The fraction of sp³-hybridized carbons (Fsp3) is 0.417. The van der Waals surface area contributed by atoms with E-state index in [1.807, 2.05) is 6.07 Å². The van der Waals surface area contributed by atoms with E-state index >= 15 is 0 Å². The van der Waals surface area contributed by atoms with Crippen molar-refractivity contribution in [3.05, 3.63) is 29.8 Å². The Labute approximate surface area is 107 Å². The van der Waals surface area contributed by atoms with Gasteiger partial charge in [0.2, 0.25) is 10.0 Å². The van der Waals surface area contributed by atoms with Crippen LogP contribution >= 0.6 is 0 Å². The van der Waals surface area contributed by atoms with Gasteiger partial charge in [-0.25, -0.2) is 8.42 Å². The molecule has 1 fully saturated rings. The number of hydrogen-bond acceptors (Lipinski definition) is 4. The van der Waals surface area contributed by atoms with Gasteiger partial charge in [0.25, 0.3) is 0 Å². The van der Waals surface area contributed by atoms with Crippen molar-refractivity contribution >= 4 is 10.0 Å². The monoisotopic (exact) mass is 265 g/mol. The number of nitriles is 1. The Hall–Kier alpha value is -1.42. The van der Waals surface area contributed by atoms with Crippen molar-refractivity contribution in [1.29, 1.82) is 5.26 Å². The van der Waals surface area contributed by atoms with Crippen molar-refractivity contribution < 1.29 is 8.42 Å². The van der Waals surface area contributed by atoms with Crippen molar-refractivity contribution in [3.63, 3.8) is 0 Å². The summed E-state index contributed by atoms with van der Waals surface area (Å²) in [6.45, 7) is 0.462. The van der Waals surface area contributed by atoms with Crippen molar-refractivity contribution in [2.75, 3.05) is 6.54 Å². The number of piperidine rings is 1. The molecule has 96 valence electrons. The first-order valence-electron chi connectivity index (χ1n) is 5.83. The summed E-state index contributed by atoms with van der Waals surface area (Å²) in [5, 5.41) is 8.69. The topological polar surface area (TPSA) is 87.2 Å². The van der Waals surface area contributed by atoms with Crippen LogP contribution in [-0.2, 0) is 10.0 Å². The summed E-state index contributed by atoms with van der Waals surface area (Å²) in [6, 6.07) is 7.87. The van der Waals surface area contributed by atoms with Crippen LogP contribution in [0, 0.1) is 11.3 Å². The largest absolute Gasteiger partial charge is 0.315 e. The standard InChI is InChI=1S/C12H15N3O2S/c13-9-10-4-6-11(7-5-10)18(16,17)15-8-2-1-3-12(15)14/h4-7,12H,1-3,8,14H2. The molecule has 1 saturated heterocycles. The lowest BCUT2D eigenvalue weighted by Crippen LogP contribution is -2.48. The van der Waals surface area contributed by atoms with E-state index in [0.717, 1.165) is 12.8 Å². The molecule has 1 atom stereocenters. The summed E-state index contributed by atoms with van der Waals surface area (Å²) >= 11 is 0. The number of sulfonamides is 1. The Morgan fingerprint density at radius 1 is 1.28 bits per heavy atom. The molecular formula is C12H15N3O2S. The molecule has 6 heteroatoms. The van der Waals surface area contributed by atoms with Gasteiger partial charge in [0.15, 0.2) is 0 Å². The Bertz CT molecular complexity index is 560. The van der Waals surface area contributed by atoms with Crippen LogP contribution in [0.25, 0.3) is 0 Å². The van der Waals surface area contributed by atoms with Gasteiger partial charge in [-0.1, -0.05) is 0 Å². The highest BCUT2D eigenvalue weighted by Gasteiger charge is 2.31. The summed E-state index contributed by atoms with van der Waals surface area (Å²) in [6.07, 6.45) is 2.04. The molecule has 1 aliphatic heterocycles. The Balaban J connectivity index is 2.32. The Kier molecular flexibility index (Phi) is 3.66. The minimum absolute atomic E-state index is 0.193. The minimum Gasteiger partial charge on any atom is -0.315 e. The van der Waals surface area contributed by atoms with Gasteiger partial charge in [-0.3, -0.25) is 0 Å². The lowest BCUT2D eigenvalue weighted by atomic mass is 10.1. The van der Waals surface area contributed by atoms with Crippen molar-refractivity contribution in [2.24, 2.45) is 5.73 Å². The predicted molar refractivity (Wildman–Crippen MR) is 66.9 cm³/mol. The summed E-state index contributed by atoms with van der Waals surface area (Å²) in [5.41, 5.74) is 6.29. The average Bonchev–Trinajstić information content (AvgIpc) is 2.39. The van der Waals surface area contributed by atoms with E-state index in [4.69, 9.17) is 11.0 Å². The van der Waals surface area contributed by atoms with Gasteiger partial charge in [0, 0.05) is 6.54 Å². The van der Waals surface area contributed by atoms with Crippen LogP contribution in [-0.4, -0.2) is 25.4 Å². The molecule has 2 rings (SSSR count). The first-order valence-corrected chi connectivity index (χ1v) is 7.27. The summed E-state index contributed by atoms with van der Waals surface area (Å²) in [7, 11) is -3.54. The maximum absolute atomic E-state index is 12.4. The molecule has 1 aromatic carbocycles. The zero-order valence-corrected chi connectivity index (χ0v) is 10.7. The van der Waals surface area contributed by atoms with E-state index in [2.05, 4.69) is 0 Å². The van der Waals surface area contributed by atoms with E-state index in [-0.39, 0.29) is 4.90 Å². The van der Waals surface area contributed by atoms with Crippen LogP contribution in [0.2, 0.25) is 0 Å². The lowest BCUT2D eigenvalue weighted by molar-refractivity contribution is 0.258. The first kappa shape index (κ1) is 13.0. The molecule has 0 radical (unpaired) electrons. The normalized spacial score (nSPS) is 21.4. The highest BCUT2D eigenvalue weighted by molar-refractivity contribution is 7.89.